The van der Waals surface area contributed by atoms with E-state index >= 15 is 0 Å². The number of likely N-dealkylation sites (tertiary alicyclic amines) is 1. The van der Waals surface area contributed by atoms with E-state index in [-0.39, 0.29) is 11.8 Å². The minimum Gasteiger partial charge on any atom is -0.382 e. The van der Waals surface area contributed by atoms with Gasteiger partial charge in [0.1, 0.15) is 0 Å². The summed E-state index contributed by atoms with van der Waals surface area (Å²) in [6.45, 7) is 7.64. The third-order valence-electron chi connectivity index (χ3n) is 4.50. The van der Waals surface area contributed by atoms with Crippen molar-refractivity contribution >= 4 is 11.6 Å². The maximum Gasteiger partial charge on any atom is 0.292 e. The van der Waals surface area contributed by atoms with E-state index in [0.717, 1.165) is 37.3 Å². The number of amides is 1. The monoisotopic (exact) mass is 327 g/mol. The lowest BCUT2D eigenvalue weighted by molar-refractivity contribution is 0.0676. The first kappa shape index (κ1) is 16.6. The Kier molecular flexibility index (Phi) is 4.88. The molecule has 1 saturated heterocycles. The van der Waals surface area contributed by atoms with Crippen molar-refractivity contribution in [2.24, 2.45) is 0 Å². The number of aromatic nitrogens is 1. The normalized spacial score (nSPS) is 15.8. The number of rotatable bonds is 4. The number of carbonyl (C=O) groups excluding carboxylic acids is 1. The van der Waals surface area contributed by atoms with Crippen molar-refractivity contribution in [3.8, 4) is 0 Å². The predicted octanol–water partition coefficient (Wildman–Crippen LogP) is 3.82. The molecular weight excluding hydrogens is 302 g/mol. The summed E-state index contributed by atoms with van der Waals surface area (Å²) in [4.78, 5) is 14.4. The number of piperidine rings is 1. The van der Waals surface area contributed by atoms with Crippen molar-refractivity contribution in [1.29, 1.82) is 0 Å². The standard InChI is InChI=1S/C19H25N3O2/c1-13(2)17-12-18(24-21-17)19(23)22-9-7-15(8-10-22)20-16-6-4-5-14(3)11-16/h4-6,11-13,15,20H,7-10H2,1-3H3. The lowest BCUT2D eigenvalue weighted by Crippen LogP contribution is -2.42. The van der Waals surface area contributed by atoms with E-state index in [0.29, 0.717) is 11.8 Å². The number of anilines is 1. The van der Waals surface area contributed by atoms with E-state index in [2.05, 4.69) is 41.7 Å². The Bertz CT molecular complexity index is 700. The highest BCUT2D eigenvalue weighted by molar-refractivity contribution is 5.91. The molecule has 3 rings (SSSR count). The van der Waals surface area contributed by atoms with Gasteiger partial charge in [0.25, 0.3) is 5.91 Å². The zero-order valence-electron chi connectivity index (χ0n) is 14.6. The van der Waals surface area contributed by atoms with Crippen molar-refractivity contribution in [2.75, 3.05) is 18.4 Å². The first-order valence-electron chi connectivity index (χ1n) is 8.62. The maximum atomic E-state index is 12.5. The topological polar surface area (TPSA) is 58.4 Å². The molecule has 5 heteroatoms. The molecule has 5 nitrogen and oxygen atoms in total. The molecule has 0 bridgehead atoms. The molecular formula is C19H25N3O2. The number of nitrogens with zero attached hydrogens (tertiary/aromatic N) is 2. The summed E-state index contributed by atoms with van der Waals surface area (Å²) < 4.78 is 5.22. The summed E-state index contributed by atoms with van der Waals surface area (Å²) >= 11 is 0. The summed E-state index contributed by atoms with van der Waals surface area (Å²) in [6, 6.07) is 10.6. The molecule has 0 atom stereocenters. The minimum atomic E-state index is -0.0524. The van der Waals surface area contributed by atoms with Crippen molar-refractivity contribution < 1.29 is 9.32 Å². The van der Waals surface area contributed by atoms with Crippen LogP contribution >= 0.6 is 0 Å². The van der Waals surface area contributed by atoms with Crippen molar-refractivity contribution in [2.45, 2.75) is 45.6 Å². The van der Waals surface area contributed by atoms with Crippen molar-refractivity contribution in [1.82, 2.24) is 10.1 Å². The second-order valence-electron chi connectivity index (χ2n) is 6.85. The van der Waals surface area contributed by atoms with E-state index in [4.69, 9.17) is 4.52 Å². The van der Waals surface area contributed by atoms with Gasteiger partial charge in [-0.3, -0.25) is 4.79 Å². The third kappa shape index (κ3) is 3.78. The van der Waals surface area contributed by atoms with Crippen molar-refractivity contribution in [3.05, 3.63) is 47.3 Å². The number of carbonyl (C=O) groups is 1. The van der Waals surface area contributed by atoms with E-state index in [9.17, 15) is 4.79 Å². The van der Waals surface area contributed by atoms with Crippen LogP contribution in [0.5, 0.6) is 0 Å². The van der Waals surface area contributed by atoms with Crippen LogP contribution in [0.1, 0.15) is 54.4 Å². The van der Waals surface area contributed by atoms with E-state index in [1.807, 2.05) is 18.7 Å². The molecule has 128 valence electrons. The minimum absolute atomic E-state index is 0.0524. The smallest absolute Gasteiger partial charge is 0.292 e. The van der Waals surface area contributed by atoms with Gasteiger partial charge in [0.2, 0.25) is 5.76 Å². The number of hydrogen-bond donors (Lipinski definition) is 1. The highest BCUT2D eigenvalue weighted by Crippen LogP contribution is 2.20. The molecule has 24 heavy (non-hydrogen) atoms. The Morgan fingerprint density at radius 2 is 2.04 bits per heavy atom. The van der Waals surface area contributed by atoms with Gasteiger partial charge in [-0.25, -0.2) is 0 Å². The van der Waals surface area contributed by atoms with Crippen LogP contribution in [0.3, 0.4) is 0 Å². The molecule has 0 radical (unpaired) electrons. The van der Waals surface area contributed by atoms with Gasteiger partial charge < -0.3 is 14.7 Å². The van der Waals surface area contributed by atoms with Gasteiger partial charge in [0.05, 0.1) is 5.69 Å². The lowest BCUT2D eigenvalue weighted by atomic mass is 10.0. The van der Waals surface area contributed by atoms with Gasteiger partial charge >= 0.3 is 0 Å². The fraction of sp³-hybridized carbons (Fsp3) is 0.474. The molecule has 1 amide bonds. The van der Waals surface area contributed by atoms with Crippen LogP contribution in [0.2, 0.25) is 0 Å². The molecule has 1 aromatic heterocycles. The van der Waals surface area contributed by atoms with Crippen LogP contribution in [0.25, 0.3) is 0 Å². The molecule has 0 unspecified atom stereocenters. The molecule has 0 saturated carbocycles. The zero-order chi connectivity index (χ0) is 17.1. The van der Waals surface area contributed by atoms with E-state index in [1.54, 1.807) is 6.07 Å². The third-order valence-corrected chi connectivity index (χ3v) is 4.50. The second kappa shape index (κ2) is 7.07. The number of aryl methyl sites for hydroxylation is 1. The second-order valence-corrected chi connectivity index (χ2v) is 6.85. The first-order chi connectivity index (χ1) is 11.5. The molecule has 1 N–H and O–H groups in total. The van der Waals surface area contributed by atoms with Gasteiger partial charge in [-0.15, -0.1) is 0 Å². The van der Waals surface area contributed by atoms with Crippen LogP contribution in [-0.4, -0.2) is 35.1 Å². The quantitative estimate of drug-likeness (QED) is 0.927. The molecule has 1 fully saturated rings. The molecule has 0 spiro atoms. The van der Waals surface area contributed by atoms with Gasteiger partial charge in [0.15, 0.2) is 0 Å². The van der Waals surface area contributed by atoms with Gasteiger partial charge in [-0.1, -0.05) is 31.1 Å². The molecule has 2 aromatic rings. The Morgan fingerprint density at radius 1 is 1.29 bits per heavy atom. The SMILES string of the molecule is Cc1cccc(NC2CCN(C(=O)c3cc(C(C)C)no3)CC2)c1. The van der Waals surface area contributed by atoms with Crippen LogP contribution < -0.4 is 5.32 Å². The van der Waals surface area contributed by atoms with Gasteiger partial charge in [-0.2, -0.15) is 0 Å². The molecule has 2 heterocycles. The predicted molar refractivity (Wildman–Crippen MR) is 94.3 cm³/mol. The summed E-state index contributed by atoms with van der Waals surface area (Å²) in [7, 11) is 0. The fourth-order valence-electron chi connectivity index (χ4n) is 3.02. The van der Waals surface area contributed by atoms with Crippen LogP contribution in [0, 0.1) is 6.92 Å². The number of benzene rings is 1. The summed E-state index contributed by atoms with van der Waals surface area (Å²) in [5.41, 5.74) is 3.23. The highest BCUT2D eigenvalue weighted by atomic mass is 16.5. The summed E-state index contributed by atoms with van der Waals surface area (Å²) in [6.07, 6.45) is 1.87. The van der Waals surface area contributed by atoms with Crippen LogP contribution in [-0.2, 0) is 0 Å². The van der Waals surface area contributed by atoms with Gasteiger partial charge in [0, 0.05) is 30.9 Å². The molecule has 1 aliphatic rings. The zero-order valence-corrected chi connectivity index (χ0v) is 14.6. The average Bonchev–Trinajstić information content (AvgIpc) is 3.05. The van der Waals surface area contributed by atoms with Crippen LogP contribution in [0.4, 0.5) is 5.69 Å². The lowest BCUT2D eigenvalue weighted by Gasteiger charge is -2.32. The molecule has 1 aliphatic heterocycles. The largest absolute Gasteiger partial charge is 0.382 e. The summed E-state index contributed by atoms with van der Waals surface area (Å²) in [5.74, 6) is 0.562. The Balaban J connectivity index is 1.55. The first-order valence-corrected chi connectivity index (χ1v) is 8.62. The Morgan fingerprint density at radius 3 is 2.67 bits per heavy atom. The Labute approximate surface area is 143 Å². The average molecular weight is 327 g/mol. The van der Waals surface area contributed by atoms with E-state index in [1.165, 1.54) is 5.56 Å². The maximum absolute atomic E-state index is 12.5. The van der Waals surface area contributed by atoms with Gasteiger partial charge in [-0.05, 0) is 43.4 Å². The number of nitrogens with one attached hydrogen (secondary N) is 1. The highest BCUT2D eigenvalue weighted by Gasteiger charge is 2.26. The molecule has 1 aromatic carbocycles. The summed E-state index contributed by atoms with van der Waals surface area (Å²) in [5, 5.41) is 7.54. The molecule has 0 aliphatic carbocycles. The number of hydrogen-bond acceptors (Lipinski definition) is 4. The fourth-order valence-corrected chi connectivity index (χ4v) is 3.02. The Hall–Kier alpha value is -2.30. The van der Waals surface area contributed by atoms with Crippen molar-refractivity contribution in [3.63, 3.8) is 0 Å². The van der Waals surface area contributed by atoms with E-state index < -0.39 is 0 Å². The van der Waals surface area contributed by atoms with Crippen LogP contribution in [0.15, 0.2) is 34.9 Å².